The number of amides is 2. The first-order valence-corrected chi connectivity index (χ1v) is 14.3. The summed E-state index contributed by atoms with van der Waals surface area (Å²) in [7, 11) is 0. The Kier molecular flexibility index (Phi) is 9.54. The van der Waals surface area contributed by atoms with E-state index in [1.807, 2.05) is 11.5 Å². The van der Waals surface area contributed by atoms with Crippen LogP contribution in [0.15, 0.2) is 29.4 Å². The van der Waals surface area contributed by atoms with Crippen LogP contribution < -0.4 is 5.32 Å². The van der Waals surface area contributed by atoms with E-state index in [9.17, 15) is 19.7 Å². The number of benzene rings is 1. The number of thioether (sulfide) groups is 1. The molecule has 37 heavy (non-hydrogen) atoms. The fourth-order valence-corrected chi connectivity index (χ4v) is 6.41. The van der Waals surface area contributed by atoms with Crippen molar-refractivity contribution in [1.29, 1.82) is 0 Å². The van der Waals surface area contributed by atoms with Gasteiger partial charge in [0.05, 0.1) is 17.2 Å². The topological polar surface area (TPSA) is 123 Å². The number of nitrogens with one attached hydrogen (secondary N) is 1. The molecule has 0 atom stereocenters. The summed E-state index contributed by atoms with van der Waals surface area (Å²) in [4.78, 5) is 38.7. The van der Waals surface area contributed by atoms with E-state index in [0.717, 1.165) is 25.7 Å². The van der Waals surface area contributed by atoms with Crippen molar-refractivity contribution in [2.75, 3.05) is 5.75 Å². The Bertz CT molecular complexity index is 1080. The predicted octanol–water partition coefficient (Wildman–Crippen LogP) is 4.72. The fourth-order valence-electron chi connectivity index (χ4n) is 5.52. The van der Waals surface area contributed by atoms with Gasteiger partial charge in [0.15, 0.2) is 11.0 Å². The molecule has 2 aromatic rings. The minimum absolute atomic E-state index is 0.132. The van der Waals surface area contributed by atoms with Crippen molar-refractivity contribution in [3.05, 3.63) is 45.8 Å². The molecule has 1 aromatic heterocycles. The van der Waals surface area contributed by atoms with Crippen LogP contribution in [0.25, 0.3) is 0 Å². The van der Waals surface area contributed by atoms with Gasteiger partial charge in [-0.1, -0.05) is 56.4 Å². The number of hydrogen-bond acceptors (Lipinski definition) is 7. The van der Waals surface area contributed by atoms with E-state index in [-0.39, 0.29) is 23.7 Å². The number of nitrogens with zero attached hydrogens (tertiary/aromatic N) is 5. The van der Waals surface area contributed by atoms with Crippen LogP contribution in [0.3, 0.4) is 0 Å². The quantitative estimate of drug-likeness (QED) is 0.269. The maximum Gasteiger partial charge on any atom is 0.270 e. The van der Waals surface area contributed by atoms with Crippen molar-refractivity contribution < 1.29 is 14.5 Å². The molecule has 0 unspecified atom stereocenters. The largest absolute Gasteiger partial charge is 0.345 e. The van der Waals surface area contributed by atoms with E-state index in [2.05, 4.69) is 20.4 Å². The zero-order valence-electron chi connectivity index (χ0n) is 21.4. The summed E-state index contributed by atoms with van der Waals surface area (Å²) >= 11 is 1.40. The Morgan fingerprint density at radius 3 is 2.32 bits per heavy atom. The summed E-state index contributed by atoms with van der Waals surface area (Å²) in [6.07, 6.45) is 11.7. The van der Waals surface area contributed by atoms with Crippen LogP contribution in [0.5, 0.6) is 0 Å². The highest BCUT2D eigenvalue weighted by atomic mass is 32.2. The summed E-state index contributed by atoms with van der Waals surface area (Å²) in [6, 6.07) is 6.32. The molecule has 2 aliphatic rings. The van der Waals surface area contributed by atoms with Gasteiger partial charge in [0, 0.05) is 36.3 Å². The van der Waals surface area contributed by atoms with Gasteiger partial charge in [0.1, 0.15) is 0 Å². The number of nitro benzene ring substituents is 1. The molecular weight excluding hydrogens is 492 g/mol. The normalized spacial score (nSPS) is 16.9. The summed E-state index contributed by atoms with van der Waals surface area (Å²) in [5, 5.41) is 23.0. The van der Waals surface area contributed by atoms with Gasteiger partial charge in [-0.05, 0) is 38.7 Å². The predicted molar refractivity (Wildman–Crippen MR) is 141 cm³/mol. The van der Waals surface area contributed by atoms with Gasteiger partial charge in [-0.15, -0.1) is 10.2 Å². The molecule has 1 aromatic carbocycles. The van der Waals surface area contributed by atoms with Crippen LogP contribution in [0.1, 0.15) is 87.3 Å². The van der Waals surface area contributed by atoms with E-state index in [0.29, 0.717) is 35.4 Å². The molecule has 0 aliphatic heterocycles. The van der Waals surface area contributed by atoms with Gasteiger partial charge in [-0.3, -0.25) is 19.7 Å². The number of rotatable bonds is 10. The molecule has 4 rings (SSSR count). The van der Waals surface area contributed by atoms with Crippen LogP contribution >= 0.6 is 11.8 Å². The molecule has 0 radical (unpaired) electrons. The van der Waals surface area contributed by atoms with Crippen molar-refractivity contribution in [2.24, 2.45) is 0 Å². The van der Waals surface area contributed by atoms with E-state index in [1.165, 1.54) is 74.6 Å². The van der Waals surface area contributed by atoms with Gasteiger partial charge in [0.25, 0.3) is 11.6 Å². The molecule has 0 bridgehead atoms. The van der Waals surface area contributed by atoms with Gasteiger partial charge >= 0.3 is 0 Å². The van der Waals surface area contributed by atoms with Crippen LogP contribution in [0, 0.1) is 10.1 Å². The molecular formula is C26H36N6O4S. The van der Waals surface area contributed by atoms with E-state index >= 15 is 0 Å². The molecule has 0 spiro atoms. The minimum Gasteiger partial charge on any atom is -0.345 e. The van der Waals surface area contributed by atoms with Crippen molar-refractivity contribution in [3.8, 4) is 0 Å². The van der Waals surface area contributed by atoms with E-state index < -0.39 is 10.8 Å². The Balaban J connectivity index is 1.38. The fraction of sp³-hybridized carbons (Fsp3) is 0.615. The average Bonchev–Trinajstić information content (AvgIpc) is 3.33. The maximum atomic E-state index is 13.5. The molecule has 2 saturated carbocycles. The molecule has 1 heterocycles. The first kappa shape index (κ1) is 27.1. The van der Waals surface area contributed by atoms with Gasteiger partial charge in [-0.25, -0.2) is 0 Å². The smallest absolute Gasteiger partial charge is 0.270 e. The Labute approximate surface area is 221 Å². The van der Waals surface area contributed by atoms with Crippen LogP contribution in [-0.2, 0) is 17.9 Å². The average molecular weight is 529 g/mol. The lowest BCUT2D eigenvalue weighted by atomic mass is 9.88. The third kappa shape index (κ3) is 6.88. The minimum atomic E-state index is -0.529. The second kappa shape index (κ2) is 13.0. The second-order valence-electron chi connectivity index (χ2n) is 9.81. The Morgan fingerprint density at radius 1 is 1.08 bits per heavy atom. The summed E-state index contributed by atoms with van der Waals surface area (Å²) < 4.78 is 1.90. The number of aromatic nitrogens is 3. The monoisotopic (exact) mass is 528 g/mol. The van der Waals surface area contributed by atoms with Crippen molar-refractivity contribution in [3.63, 3.8) is 0 Å². The number of carbonyl (C=O) groups excluding carboxylic acids is 2. The zero-order valence-corrected chi connectivity index (χ0v) is 22.3. The molecule has 11 heteroatoms. The highest BCUT2D eigenvalue weighted by Crippen LogP contribution is 2.31. The van der Waals surface area contributed by atoms with Crippen molar-refractivity contribution in [1.82, 2.24) is 25.0 Å². The molecule has 2 fully saturated rings. The first-order chi connectivity index (χ1) is 18.0. The maximum absolute atomic E-state index is 13.5. The van der Waals surface area contributed by atoms with Crippen LogP contribution in [0.2, 0.25) is 0 Å². The standard InChI is InChI=1S/C26H36N6O4S/c1-2-30-23(17-27-25(34)19-10-9-15-22(16-19)32(35)36)28-29-26(30)37-18-24(33)31(20-11-5-3-6-12-20)21-13-7-4-8-14-21/h9-10,15-16,20-21H,2-8,11-14,17-18H2,1H3,(H,27,34). The van der Waals surface area contributed by atoms with E-state index in [1.54, 1.807) is 0 Å². The molecule has 2 aliphatic carbocycles. The summed E-state index contributed by atoms with van der Waals surface area (Å²) in [5.41, 5.74) is 0.0747. The molecule has 2 amide bonds. The Morgan fingerprint density at radius 2 is 1.73 bits per heavy atom. The SMILES string of the molecule is CCn1c(CNC(=O)c2cccc([N+](=O)[O-])c2)nnc1SCC(=O)N(C1CCCCC1)C1CCCCC1. The van der Waals surface area contributed by atoms with Gasteiger partial charge in [-0.2, -0.15) is 0 Å². The first-order valence-electron chi connectivity index (χ1n) is 13.4. The molecule has 1 N–H and O–H groups in total. The number of hydrogen-bond donors (Lipinski definition) is 1. The highest BCUT2D eigenvalue weighted by molar-refractivity contribution is 7.99. The third-order valence-electron chi connectivity index (χ3n) is 7.38. The summed E-state index contributed by atoms with van der Waals surface area (Å²) in [5.74, 6) is 0.669. The van der Waals surface area contributed by atoms with Crippen LogP contribution in [-0.4, -0.2) is 54.2 Å². The molecule has 200 valence electrons. The third-order valence-corrected chi connectivity index (χ3v) is 8.34. The van der Waals surface area contributed by atoms with Crippen molar-refractivity contribution >= 4 is 29.3 Å². The van der Waals surface area contributed by atoms with Crippen molar-refractivity contribution in [2.45, 2.75) is 101 Å². The highest BCUT2D eigenvalue weighted by Gasteiger charge is 2.32. The Hall–Kier alpha value is -2.95. The number of nitro groups is 1. The van der Waals surface area contributed by atoms with Gasteiger partial charge < -0.3 is 14.8 Å². The number of carbonyl (C=O) groups is 2. The lowest BCUT2D eigenvalue weighted by molar-refractivity contribution is -0.384. The van der Waals surface area contributed by atoms with E-state index in [4.69, 9.17) is 0 Å². The van der Waals surface area contributed by atoms with Crippen LogP contribution in [0.4, 0.5) is 5.69 Å². The molecule has 0 saturated heterocycles. The zero-order chi connectivity index (χ0) is 26.2. The summed E-state index contributed by atoms with van der Waals surface area (Å²) in [6.45, 7) is 2.70. The molecule has 10 nitrogen and oxygen atoms in total. The number of non-ortho nitro benzene ring substituents is 1. The lowest BCUT2D eigenvalue weighted by Gasteiger charge is -2.41. The van der Waals surface area contributed by atoms with Gasteiger partial charge in [0.2, 0.25) is 5.91 Å². The lowest BCUT2D eigenvalue weighted by Crippen LogP contribution is -2.49. The second-order valence-corrected chi connectivity index (χ2v) is 10.7.